The molecule has 0 bridgehead atoms. The van der Waals surface area contributed by atoms with Gasteiger partial charge < -0.3 is 4.79 Å². The molecule has 3 nitrogen and oxygen atoms in total. The number of carbonyl (C=O) groups is 2. The predicted molar refractivity (Wildman–Crippen MR) is 38.6 cm³/mol. The largest absolute Gasteiger partial charge is 0.301 e. The number of carbonyl (C=O) groups excluding carboxylic acids is 2. The van der Waals surface area contributed by atoms with Crippen LogP contribution in [-0.2, 0) is 9.59 Å². The van der Waals surface area contributed by atoms with Crippen molar-refractivity contribution in [3.63, 3.8) is 0 Å². The minimum absolute atomic E-state index is 0.399. The highest BCUT2D eigenvalue weighted by molar-refractivity contribution is 8.11. The summed E-state index contributed by atoms with van der Waals surface area (Å²) in [5.74, 6) is 0.399. The molecular weight excluding hydrogens is 138 g/mol. The van der Waals surface area contributed by atoms with Gasteiger partial charge in [-0.05, 0) is 6.72 Å². The summed E-state index contributed by atoms with van der Waals surface area (Å²) in [5.41, 5.74) is 0.682. The zero-order valence-corrected chi connectivity index (χ0v) is 5.63. The summed E-state index contributed by atoms with van der Waals surface area (Å²) in [7, 11) is 0. The fraction of sp³-hybridized carbons (Fsp3) is 0.400. The molecule has 0 rings (SSSR count). The van der Waals surface area contributed by atoms with Crippen molar-refractivity contribution in [2.24, 2.45) is 4.99 Å². The van der Waals surface area contributed by atoms with Crippen LogP contribution < -0.4 is 0 Å². The van der Waals surface area contributed by atoms with Crippen LogP contribution in [0.3, 0.4) is 0 Å². The molecule has 9 heavy (non-hydrogen) atoms. The minimum Gasteiger partial charge on any atom is -0.301 e. The van der Waals surface area contributed by atoms with Gasteiger partial charge in [0, 0.05) is 5.75 Å². The highest BCUT2D eigenvalue weighted by Crippen LogP contribution is 1.97. The molecule has 0 aromatic rings. The van der Waals surface area contributed by atoms with E-state index in [-0.39, 0.29) is 0 Å². The summed E-state index contributed by atoms with van der Waals surface area (Å²) in [5, 5.41) is 0. The Balaban J connectivity index is 3.41. The topological polar surface area (TPSA) is 46.5 Å². The summed E-state index contributed by atoms with van der Waals surface area (Å²) >= 11 is 1.02. The highest BCUT2D eigenvalue weighted by Gasteiger charge is 2.00. The van der Waals surface area contributed by atoms with E-state index in [0.717, 1.165) is 11.8 Å². The molecule has 1 atom stereocenters. The number of aliphatic imine (C=N–C) groups is 1. The van der Waals surface area contributed by atoms with E-state index in [1.165, 1.54) is 0 Å². The van der Waals surface area contributed by atoms with E-state index in [2.05, 4.69) is 11.7 Å². The zero-order chi connectivity index (χ0) is 7.11. The van der Waals surface area contributed by atoms with Crippen molar-refractivity contribution in [2.45, 2.75) is 6.04 Å². The monoisotopic (exact) mass is 145 g/mol. The highest BCUT2D eigenvalue weighted by atomic mass is 32.2. The number of hydrogen-bond donors (Lipinski definition) is 0. The van der Waals surface area contributed by atoms with Gasteiger partial charge in [0.1, 0.15) is 12.3 Å². The molecule has 0 unspecified atom stereocenters. The molecule has 0 aliphatic rings. The van der Waals surface area contributed by atoms with Gasteiger partial charge in [-0.3, -0.25) is 9.79 Å². The molecule has 0 saturated carbocycles. The second-order valence-electron chi connectivity index (χ2n) is 1.32. The van der Waals surface area contributed by atoms with Crippen LogP contribution in [0.2, 0.25) is 0 Å². The average molecular weight is 145 g/mol. The van der Waals surface area contributed by atoms with E-state index >= 15 is 0 Å². The molecule has 0 N–H and O–H groups in total. The number of thioether (sulfide) groups is 1. The van der Waals surface area contributed by atoms with Gasteiger partial charge in [0.05, 0.1) is 0 Å². The summed E-state index contributed by atoms with van der Waals surface area (Å²) in [6, 6.07) is -0.430. The Morgan fingerprint density at radius 3 is 2.67 bits per heavy atom. The Labute approximate surface area is 57.5 Å². The molecule has 0 fully saturated rings. The fourth-order valence-electron chi connectivity index (χ4n) is 0.273. The van der Waals surface area contributed by atoms with Crippen molar-refractivity contribution in [3.05, 3.63) is 0 Å². The molecule has 4 heteroatoms. The molecule has 0 aliphatic carbocycles. The molecule has 50 valence electrons. The van der Waals surface area contributed by atoms with E-state index in [0.29, 0.717) is 17.7 Å². The smallest absolute Gasteiger partial charge is 0.176 e. The quantitative estimate of drug-likeness (QED) is 0.409. The van der Waals surface area contributed by atoms with Crippen LogP contribution >= 0.6 is 11.8 Å². The number of rotatable bonds is 5. The van der Waals surface area contributed by atoms with Gasteiger partial charge in [0.25, 0.3) is 0 Å². The molecule has 0 heterocycles. The normalized spacial score (nSPS) is 12.0. The first-order chi connectivity index (χ1) is 4.35. The first-order valence-electron chi connectivity index (χ1n) is 2.31. The maximum Gasteiger partial charge on any atom is 0.176 e. The third-order valence-corrected chi connectivity index (χ3v) is 1.40. The molecule has 0 amide bonds. The Kier molecular flexibility index (Phi) is 5.11. The maximum atomic E-state index is 9.98. The van der Waals surface area contributed by atoms with E-state index in [1.54, 1.807) is 0 Å². The predicted octanol–water partition coefficient (Wildman–Crippen LogP) is 0.178. The van der Waals surface area contributed by atoms with Gasteiger partial charge in [0.15, 0.2) is 5.62 Å². The SMILES string of the molecule is C=N[C@H](C=O)CSC=O. The molecule has 0 aliphatic heterocycles. The van der Waals surface area contributed by atoms with Crippen LogP contribution in [0.5, 0.6) is 0 Å². The fourth-order valence-corrected chi connectivity index (χ4v) is 0.733. The third kappa shape index (κ3) is 3.90. The Morgan fingerprint density at radius 1 is 1.67 bits per heavy atom. The van der Waals surface area contributed by atoms with Gasteiger partial charge >= 0.3 is 0 Å². The second-order valence-corrected chi connectivity index (χ2v) is 2.17. The molecule has 0 aromatic heterocycles. The summed E-state index contributed by atoms with van der Waals surface area (Å²) in [6.07, 6.45) is 0.670. The van der Waals surface area contributed by atoms with Crippen molar-refractivity contribution in [1.29, 1.82) is 0 Å². The van der Waals surface area contributed by atoms with Crippen molar-refractivity contribution in [2.75, 3.05) is 5.75 Å². The Bertz CT molecular complexity index is 108. The van der Waals surface area contributed by atoms with Crippen molar-refractivity contribution in [3.8, 4) is 0 Å². The first-order valence-corrected chi connectivity index (χ1v) is 3.36. The maximum absolute atomic E-state index is 9.98. The molecule has 0 spiro atoms. The number of hydrogen-bond acceptors (Lipinski definition) is 4. The van der Waals surface area contributed by atoms with Crippen molar-refractivity contribution < 1.29 is 9.59 Å². The standard InChI is InChI=1S/C5H7NO2S/c1-6-5(2-7)3-9-4-8/h2,4-5H,1,3H2/t5-/m1/s1. The number of nitrogens with zero attached hydrogens (tertiary/aromatic N) is 1. The van der Waals surface area contributed by atoms with Crippen LogP contribution in [0.15, 0.2) is 4.99 Å². The van der Waals surface area contributed by atoms with E-state index in [9.17, 15) is 9.59 Å². The van der Waals surface area contributed by atoms with E-state index in [4.69, 9.17) is 0 Å². The summed E-state index contributed by atoms with van der Waals surface area (Å²) in [6.45, 7) is 3.17. The third-order valence-electron chi connectivity index (χ3n) is 0.727. The van der Waals surface area contributed by atoms with Crippen molar-refractivity contribution >= 4 is 30.4 Å². The lowest BCUT2D eigenvalue weighted by Crippen LogP contribution is -2.08. The van der Waals surface area contributed by atoms with Gasteiger partial charge in [-0.15, -0.1) is 0 Å². The second kappa shape index (κ2) is 5.50. The molecule has 0 saturated heterocycles. The van der Waals surface area contributed by atoms with Gasteiger partial charge in [0.2, 0.25) is 0 Å². The average Bonchev–Trinajstić information content (AvgIpc) is 1.91. The molecular formula is C5H7NO2S. The lowest BCUT2D eigenvalue weighted by Gasteiger charge is -1.96. The van der Waals surface area contributed by atoms with Gasteiger partial charge in [-0.2, -0.15) is 0 Å². The lowest BCUT2D eigenvalue weighted by molar-refractivity contribution is -0.108. The van der Waals surface area contributed by atoms with Crippen molar-refractivity contribution in [1.82, 2.24) is 0 Å². The summed E-state index contributed by atoms with van der Waals surface area (Å²) in [4.78, 5) is 23.2. The van der Waals surface area contributed by atoms with E-state index in [1.807, 2.05) is 0 Å². The van der Waals surface area contributed by atoms with E-state index < -0.39 is 6.04 Å². The van der Waals surface area contributed by atoms with Gasteiger partial charge in [-0.25, -0.2) is 0 Å². The van der Waals surface area contributed by atoms with Crippen LogP contribution in [-0.4, -0.2) is 30.4 Å². The first kappa shape index (κ1) is 8.36. The number of aldehydes is 1. The van der Waals surface area contributed by atoms with Crippen LogP contribution in [0, 0.1) is 0 Å². The molecule has 0 radical (unpaired) electrons. The Morgan fingerprint density at radius 2 is 2.33 bits per heavy atom. The minimum atomic E-state index is -0.430. The summed E-state index contributed by atoms with van der Waals surface area (Å²) < 4.78 is 0. The lowest BCUT2D eigenvalue weighted by atomic mass is 10.4. The molecule has 0 aromatic carbocycles. The zero-order valence-electron chi connectivity index (χ0n) is 4.82. The van der Waals surface area contributed by atoms with Crippen LogP contribution in [0.1, 0.15) is 0 Å². The Hall–Kier alpha value is -0.640. The van der Waals surface area contributed by atoms with Crippen LogP contribution in [0.25, 0.3) is 0 Å². The van der Waals surface area contributed by atoms with Gasteiger partial charge in [-0.1, -0.05) is 11.8 Å². The van der Waals surface area contributed by atoms with Crippen LogP contribution in [0.4, 0.5) is 0 Å².